The predicted molar refractivity (Wildman–Crippen MR) is 77.9 cm³/mol. The SMILES string of the molecule is Cc1cc(CN(C)C(=O)c2cc(N)cc(Cl)c2Cl)no1. The first-order valence-electron chi connectivity index (χ1n) is 5.80. The quantitative estimate of drug-likeness (QED) is 0.883. The average molecular weight is 314 g/mol. The summed E-state index contributed by atoms with van der Waals surface area (Å²) >= 11 is 12.0. The van der Waals surface area contributed by atoms with Crippen LogP contribution in [-0.2, 0) is 6.54 Å². The maximum atomic E-state index is 12.3. The molecule has 1 aromatic heterocycles. The highest BCUT2D eigenvalue weighted by molar-refractivity contribution is 6.44. The number of aryl methyl sites for hydroxylation is 1. The number of hydrogen-bond acceptors (Lipinski definition) is 4. The van der Waals surface area contributed by atoms with Crippen LogP contribution in [0, 0.1) is 6.92 Å². The van der Waals surface area contributed by atoms with Crippen molar-refractivity contribution in [3.63, 3.8) is 0 Å². The molecule has 1 aromatic carbocycles. The fraction of sp³-hybridized carbons (Fsp3) is 0.231. The number of aromatic nitrogens is 1. The van der Waals surface area contributed by atoms with E-state index >= 15 is 0 Å². The monoisotopic (exact) mass is 313 g/mol. The number of nitrogens with two attached hydrogens (primary N) is 1. The van der Waals surface area contributed by atoms with Gasteiger partial charge in [0.25, 0.3) is 5.91 Å². The second kappa shape index (κ2) is 5.73. The van der Waals surface area contributed by atoms with Crippen molar-refractivity contribution >= 4 is 34.8 Å². The molecule has 2 rings (SSSR count). The molecule has 0 aliphatic carbocycles. The van der Waals surface area contributed by atoms with Crippen LogP contribution >= 0.6 is 23.2 Å². The van der Waals surface area contributed by atoms with E-state index in [2.05, 4.69) is 5.16 Å². The molecule has 0 fully saturated rings. The van der Waals surface area contributed by atoms with Gasteiger partial charge in [-0.05, 0) is 19.1 Å². The Morgan fingerprint density at radius 1 is 1.40 bits per heavy atom. The van der Waals surface area contributed by atoms with Crippen molar-refractivity contribution in [2.45, 2.75) is 13.5 Å². The third-order valence-corrected chi connectivity index (χ3v) is 3.51. The Balaban J connectivity index is 2.22. The van der Waals surface area contributed by atoms with Crippen molar-refractivity contribution in [3.8, 4) is 0 Å². The summed E-state index contributed by atoms with van der Waals surface area (Å²) < 4.78 is 4.96. The summed E-state index contributed by atoms with van der Waals surface area (Å²) in [6.45, 7) is 2.09. The van der Waals surface area contributed by atoms with Crippen LogP contribution in [-0.4, -0.2) is 23.0 Å². The van der Waals surface area contributed by atoms with E-state index in [4.69, 9.17) is 33.5 Å². The van der Waals surface area contributed by atoms with E-state index in [0.717, 1.165) is 0 Å². The van der Waals surface area contributed by atoms with Crippen LogP contribution in [0.25, 0.3) is 0 Å². The Morgan fingerprint density at radius 2 is 2.10 bits per heavy atom. The van der Waals surface area contributed by atoms with Gasteiger partial charge in [0.05, 0.1) is 22.2 Å². The van der Waals surface area contributed by atoms with Gasteiger partial charge >= 0.3 is 0 Å². The van der Waals surface area contributed by atoms with Gasteiger partial charge in [-0.25, -0.2) is 0 Å². The first-order valence-corrected chi connectivity index (χ1v) is 6.56. The van der Waals surface area contributed by atoms with Crippen LogP contribution in [0.5, 0.6) is 0 Å². The first kappa shape index (κ1) is 14.7. The Labute approximate surface area is 126 Å². The molecule has 5 nitrogen and oxygen atoms in total. The van der Waals surface area contributed by atoms with E-state index in [1.807, 2.05) is 0 Å². The van der Waals surface area contributed by atoms with Gasteiger partial charge in [-0.15, -0.1) is 0 Å². The minimum absolute atomic E-state index is 0.189. The fourth-order valence-corrected chi connectivity index (χ4v) is 2.20. The standard InChI is InChI=1S/C13H13Cl2N3O2/c1-7-3-9(17-20-7)6-18(2)13(19)10-4-8(16)5-11(14)12(10)15/h3-5H,6,16H2,1-2H3. The molecule has 0 spiro atoms. The smallest absolute Gasteiger partial charge is 0.255 e. The van der Waals surface area contributed by atoms with E-state index in [9.17, 15) is 4.79 Å². The molecule has 1 amide bonds. The van der Waals surface area contributed by atoms with E-state index < -0.39 is 0 Å². The summed E-state index contributed by atoms with van der Waals surface area (Å²) in [6, 6.07) is 4.76. The Morgan fingerprint density at radius 3 is 2.70 bits per heavy atom. The maximum Gasteiger partial charge on any atom is 0.255 e. The van der Waals surface area contributed by atoms with E-state index in [0.29, 0.717) is 23.7 Å². The number of carbonyl (C=O) groups excluding carboxylic acids is 1. The average Bonchev–Trinajstić information content (AvgIpc) is 2.78. The van der Waals surface area contributed by atoms with Crippen LogP contribution in [0.4, 0.5) is 5.69 Å². The van der Waals surface area contributed by atoms with Crippen LogP contribution in [0.3, 0.4) is 0 Å². The summed E-state index contributed by atoms with van der Waals surface area (Å²) in [7, 11) is 1.64. The van der Waals surface area contributed by atoms with Gasteiger partial charge in [0, 0.05) is 18.8 Å². The van der Waals surface area contributed by atoms with Gasteiger partial charge in [-0.3, -0.25) is 4.79 Å². The molecule has 2 N–H and O–H groups in total. The van der Waals surface area contributed by atoms with E-state index in [1.54, 1.807) is 20.0 Å². The Hall–Kier alpha value is -1.72. The second-order valence-electron chi connectivity index (χ2n) is 4.45. The Bertz CT molecular complexity index is 655. The molecule has 106 valence electrons. The Kier molecular flexibility index (Phi) is 4.20. The zero-order valence-electron chi connectivity index (χ0n) is 11.0. The highest BCUT2D eigenvalue weighted by Gasteiger charge is 2.19. The second-order valence-corrected chi connectivity index (χ2v) is 5.24. The third-order valence-electron chi connectivity index (χ3n) is 2.70. The lowest BCUT2D eigenvalue weighted by Crippen LogP contribution is -2.26. The molecular formula is C13H13Cl2N3O2. The molecule has 0 atom stereocenters. The molecule has 2 aromatic rings. The molecule has 0 aliphatic rings. The topological polar surface area (TPSA) is 72.4 Å². The highest BCUT2D eigenvalue weighted by Crippen LogP contribution is 2.29. The van der Waals surface area contributed by atoms with Crippen LogP contribution in [0.15, 0.2) is 22.7 Å². The van der Waals surface area contributed by atoms with Gasteiger partial charge in [0.1, 0.15) is 11.5 Å². The molecule has 20 heavy (non-hydrogen) atoms. The number of amides is 1. The minimum Gasteiger partial charge on any atom is -0.399 e. The van der Waals surface area contributed by atoms with Gasteiger partial charge in [0.15, 0.2) is 0 Å². The zero-order valence-corrected chi connectivity index (χ0v) is 12.5. The fourth-order valence-electron chi connectivity index (χ4n) is 1.78. The molecule has 0 radical (unpaired) electrons. The lowest BCUT2D eigenvalue weighted by Gasteiger charge is -2.17. The number of nitrogens with zero attached hydrogens (tertiary/aromatic N) is 2. The number of rotatable bonds is 3. The largest absolute Gasteiger partial charge is 0.399 e. The molecule has 0 saturated heterocycles. The summed E-state index contributed by atoms with van der Waals surface area (Å²) in [5.41, 5.74) is 6.98. The van der Waals surface area contributed by atoms with Crippen molar-refractivity contribution in [2.75, 3.05) is 12.8 Å². The molecule has 0 saturated carbocycles. The van der Waals surface area contributed by atoms with Crippen molar-refractivity contribution < 1.29 is 9.32 Å². The number of carbonyl (C=O) groups is 1. The molecule has 7 heteroatoms. The summed E-state index contributed by atoms with van der Waals surface area (Å²) in [5.74, 6) is 0.399. The van der Waals surface area contributed by atoms with E-state index in [1.165, 1.54) is 17.0 Å². The molecule has 0 unspecified atom stereocenters. The predicted octanol–water partition coefficient (Wildman–Crippen LogP) is 3.14. The number of nitrogen functional groups attached to an aromatic ring is 1. The molecule has 0 bridgehead atoms. The third kappa shape index (κ3) is 3.05. The number of hydrogen-bond donors (Lipinski definition) is 1. The van der Waals surface area contributed by atoms with Crippen LogP contribution < -0.4 is 5.73 Å². The normalized spacial score (nSPS) is 10.6. The lowest BCUT2D eigenvalue weighted by molar-refractivity contribution is 0.0782. The van der Waals surface area contributed by atoms with Crippen molar-refractivity contribution in [2.24, 2.45) is 0 Å². The van der Waals surface area contributed by atoms with Crippen molar-refractivity contribution in [1.82, 2.24) is 10.1 Å². The lowest BCUT2D eigenvalue weighted by atomic mass is 10.1. The molecular weight excluding hydrogens is 301 g/mol. The summed E-state index contributed by atoms with van der Waals surface area (Å²) in [5, 5.41) is 4.28. The number of benzene rings is 1. The zero-order chi connectivity index (χ0) is 14.9. The van der Waals surface area contributed by atoms with Gasteiger partial charge in [0.2, 0.25) is 0 Å². The summed E-state index contributed by atoms with van der Waals surface area (Å²) in [4.78, 5) is 13.8. The van der Waals surface area contributed by atoms with Crippen molar-refractivity contribution in [3.05, 3.63) is 45.3 Å². The minimum atomic E-state index is -0.287. The highest BCUT2D eigenvalue weighted by atomic mass is 35.5. The van der Waals surface area contributed by atoms with Gasteiger partial charge in [-0.1, -0.05) is 28.4 Å². The van der Waals surface area contributed by atoms with Crippen molar-refractivity contribution in [1.29, 1.82) is 0 Å². The number of anilines is 1. The van der Waals surface area contributed by atoms with Crippen LogP contribution in [0.2, 0.25) is 10.0 Å². The maximum absolute atomic E-state index is 12.3. The first-order chi connectivity index (χ1) is 9.38. The van der Waals surface area contributed by atoms with Gasteiger partial charge in [-0.2, -0.15) is 0 Å². The molecule has 0 aliphatic heterocycles. The number of halogens is 2. The van der Waals surface area contributed by atoms with Crippen LogP contribution in [0.1, 0.15) is 21.8 Å². The molecule has 1 heterocycles. The summed E-state index contributed by atoms with van der Waals surface area (Å²) in [6.07, 6.45) is 0. The van der Waals surface area contributed by atoms with E-state index in [-0.39, 0.29) is 21.5 Å². The van der Waals surface area contributed by atoms with Gasteiger partial charge < -0.3 is 15.2 Å².